The van der Waals surface area contributed by atoms with Crippen LogP contribution in [0.2, 0.25) is 0 Å². The van der Waals surface area contributed by atoms with Crippen LogP contribution in [-0.2, 0) is 9.53 Å². The topological polar surface area (TPSA) is 46.5 Å². The number of hydrogen-bond donors (Lipinski definition) is 1. The summed E-state index contributed by atoms with van der Waals surface area (Å²) in [6.07, 6.45) is 9.59. The molecule has 1 unspecified atom stereocenters. The molecule has 23 heavy (non-hydrogen) atoms. The summed E-state index contributed by atoms with van der Waals surface area (Å²) in [5, 5.41) is 9.91. The summed E-state index contributed by atoms with van der Waals surface area (Å²) in [6, 6.07) is 0. The van der Waals surface area contributed by atoms with Crippen molar-refractivity contribution in [2.75, 3.05) is 6.61 Å². The Hall–Kier alpha value is -0.570. The Morgan fingerprint density at radius 1 is 1.04 bits per heavy atom. The lowest BCUT2D eigenvalue weighted by Gasteiger charge is -2.62. The smallest absolute Gasteiger partial charge is 0.309 e. The average Bonchev–Trinajstić information content (AvgIpc) is 2.88. The summed E-state index contributed by atoms with van der Waals surface area (Å²) in [5.74, 6) is 1.10. The summed E-state index contributed by atoms with van der Waals surface area (Å²) < 4.78 is 6.24. The van der Waals surface area contributed by atoms with E-state index in [9.17, 15) is 9.90 Å². The third-order valence-electron chi connectivity index (χ3n) is 8.69. The molecule has 3 aliphatic carbocycles. The van der Waals surface area contributed by atoms with Crippen molar-refractivity contribution < 1.29 is 14.6 Å². The van der Waals surface area contributed by atoms with Gasteiger partial charge in [-0.15, -0.1) is 0 Å². The molecule has 0 spiro atoms. The van der Waals surface area contributed by atoms with Crippen molar-refractivity contribution in [2.24, 2.45) is 34.0 Å². The number of carboxylic acid groups (broad SMARTS) is 1. The van der Waals surface area contributed by atoms with Crippen molar-refractivity contribution in [1.82, 2.24) is 0 Å². The normalized spacial score (nSPS) is 55.6. The molecule has 1 aliphatic heterocycles. The van der Waals surface area contributed by atoms with E-state index in [1.54, 1.807) is 0 Å². The lowest BCUT2D eigenvalue weighted by Crippen LogP contribution is -2.59. The maximum atomic E-state index is 12.0. The fraction of sp³-hybridized carbons (Fsp3) is 0.950. The Balaban J connectivity index is 1.68. The maximum absolute atomic E-state index is 12.0. The number of carboxylic acids is 1. The van der Waals surface area contributed by atoms with Gasteiger partial charge in [0.25, 0.3) is 0 Å². The highest BCUT2D eigenvalue weighted by Crippen LogP contribution is 2.66. The number of hydrogen-bond acceptors (Lipinski definition) is 2. The van der Waals surface area contributed by atoms with E-state index in [0.717, 1.165) is 25.9 Å². The van der Waals surface area contributed by atoms with Gasteiger partial charge in [-0.3, -0.25) is 4.79 Å². The maximum Gasteiger partial charge on any atom is 0.309 e. The third-order valence-corrected chi connectivity index (χ3v) is 8.69. The molecule has 1 saturated heterocycles. The second-order valence-corrected chi connectivity index (χ2v) is 9.72. The summed E-state index contributed by atoms with van der Waals surface area (Å²) >= 11 is 0. The van der Waals surface area contributed by atoms with Gasteiger partial charge in [-0.25, -0.2) is 0 Å². The molecule has 3 saturated carbocycles. The molecule has 4 aliphatic rings. The highest BCUT2D eigenvalue weighted by atomic mass is 16.5. The quantitative estimate of drug-likeness (QED) is 0.774. The van der Waals surface area contributed by atoms with Gasteiger partial charge in [0.15, 0.2) is 0 Å². The van der Waals surface area contributed by atoms with E-state index in [-0.39, 0.29) is 5.41 Å². The van der Waals surface area contributed by atoms with E-state index >= 15 is 0 Å². The molecular formula is C20H32O3. The number of fused-ring (bicyclic) bond motifs is 5. The van der Waals surface area contributed by atoms with Crippen LogP contribution in [0, 0.1) is 34.0 Å². The molecule has 130 valence electrons. The summed E-state index contributed by atoms with van der Waals surface area (Å²) in [6.45, 7) is 7.80. The van der Waals surface area contributed by atoms with Crippen molar-refractivity contribution in [3.63, 3.8) is 0 Å². The number of ether oxygens (including phenoxy) is 1. The Kier molecular flexibility index (Phi) is 3.44. The first kappa shape index (κ1) is 15.9. The molecule has 3 heteroatoms. The molecule has 0 aromatic rings. The number of carbonyl (C=O) groups is 1. The number of rotatable bonds is 1. The van der Waals surface area contributed by atoms with Crippen LogP contribution in [-0.4, -0.2) is 23.8 Å². The van der Waals surface area contributed by atoms with Crippen LogP contribution in [0.3, 0.4) is 0 Å². The van der Waals surface area contributed by atoms with Crippen LogP contribution in [0.25, 0.3) is 0 Å². The zero-order valence-corrected chi connectivity index (χ0v) is 14.9. The van der Waals surface area contributed by atoms with Gasteiger partial charge in [0.2, 0.25) is 0 Å². The molecule has 3 nitrogen and oxygen atoms in total. The van der Waals surface area contributed by atoms with Gasteiger partial charge >= 0.3 is 5.97 Å². The van der Waals surface area contributed by atoms with E-state index in [1.807, 2.05) is 6.92 Å². The minimum Gasteiger partial charge on any atom is -0.481 e. The minimum atomic E-state index is -0.565. The Morgan fingerprint density at radius 2 is 1.83 bits per heavy atom. The monoisotopic (exact) mass is 320 g/mol. The van der Waals surface area contributed by atoms with Gasteiger partial charge in [0.05, 0.1) is 11.5 Å². The molecule has 4 fully saturated rings. The number of aliphatic carboxylic acids is 1. The van der Waals surface area contributed by atoms with Gasteiger partial charge < -0.3 is 9.84 Å². The van der Waals surface area contributed by atoms with E-state index in [1.165, 1.54) is 32.1 Å². The third kappa shape index (κ3) is 2.01. The summed E-state index contributed by atoms with van der Waals surface area (Å²) in [5.41, 5.74) is 0.0615. The predicted octanol–water partition coefficient (Wildman–Crippen LogP) is 4.50. The van der Waals surface area contributed by atoms with Crippen LogP contribution >= 0.6 is 0 Å². The van der Waals surface area contributed by atoms with Gasteiger partial charge in [-0.2, -0.15) is 0 Å². The van der Waals surface area contributed by atoms with E-state index in [4.69, 9.17) is 4.74 Å². The molecule has 0 amide bonds. The van der Waals surface area contributed by atoms with Crippen LogP contribution < -0.4 is 0 Å². The highest BCUT2D eigenvalue weighted by Gasteiger charge is 2.63. The van der Waals surface area contributed by atoms with E-state index < -0.39 is 11.4 Å². The second-order valence-electron chi connectivity index (χ2n) is 9.72. The Bertz CT molecular complexity index is 517. The van der Waals surface area contributed by atoms with Crippen molar-refractivity contribution in [3.8, 4) is 0 Å². The largest absolute Gasteiger partial charge is 0.481 e. The molecule has 0 aromatic heterocycles. The molecule has 0 radical (unpaired) electrons. The predicted molar refractivity (Wildman–Crippen MR) is 89.1 cm³/mol. The first-order chi connectivity index (χ1) is 10.8. The first-order valence-electron chi connectivity index (χ1n) is 9.66. The molecule has 4 rings (SSSR count). The van der Waals surface area contributed by atoms with Gasteiger partial charge in [-0.05, 0) is 80.5 Å². The van der Waals surface area contributed by atoms with Crippen molar-refractivity contribution in [1.29, 1.82) is 0 Å². The lowest BCUT2D eigenvalue weighted by molar-refractivity contribution is -0.184. The van der Waals surface area contributed by atoms with Crippen LogP contribution in [0.1, 0.15) is 72.1 Å². The minimum absolute atomic E-state index is 0.196. The molecular weight excluding hydrogens is 288 g/mol. The SMILES string of the molecule is C[C@@]12CCO[C@H]1[C@@H]1CCC3[C@](C)(C(=O)O)CCC[C@]3(C)[C@H]1CC2. The lowest BCUT2D eigenvalue weighted by atomic mass is 9.42. The Morgan fingerprint density at radius 3 is 2.57 bits per heavy atom. The zero-order chi connectivity index (χ0) is 16.5. The van der Waals surface area contributed by atoms with Gasteiger partial charge in [0.1, 0.15) is 0 Å². The average molecular weight is 320 g/mol. The van der Waals surface area contributed by atoms with Crippen LogP contribution in [0.5, 0.6) is 0 Å². The summed E-state index contributed by atoms with van der Waals surface area (Å²) in [7, 11) is 0. The zero-order valence-electron chi connectivity index (χ0n) is 14.9. The standard InChI is InChI=1S/C20H32O3/c1-18-10-7-14-13(16(18)23-12-11-18)5-6-15-19(14,2)8-4-9-20(15,3)17(21)22/h13-16H,4-12H2,1-3H3,(H,21,22)/t13-,14+,15?,16+,18-,19-,20-/m1/s1. The molecule has 0 bridgehead atoms. The van der Waals surface area contributed by atoms with Gasteiger partial charge in [0, 0.05) is 6.61 Å². The molecule has 1 N–H and O–H groups in total. The molecule has 0 aromatic carbocycles. The summed E-state index contributed by atoms with van der Waals surface area (Å²) in [4.78, 5) is 12.0. The van der Waals surface area contributed by atoms with Gasteiger partial charge in [-0.1, -0.05) is 20.3 Å². The highest BCUT2D eigenvalue weighted by molar-refractivity contribution is 5.75. The van der Waals surface area contributed by atoms with Crippen LogP contribution in [0.4, 0.5) is 0 Å². The Labute approximate surface area is 140 Å². The molecule has 1 heterocycles. The van der Waals surface area contributed by atoms with Crippen molar-refractivity contribution >= 4 is 5.97 Å². The van der Waals surface area contributed by atoms with Crippen LogP contribution in [0.15, 0.2) is 0 Å². The fourth-order valence-electron chi connectivity index (χ4n) is 7.37. The molecule has 7 atom stereocenters. The second kappa shape index (κ2) is 4.97. The van der Waals surface area contributed by atoms with E-state index in [0.29, 0.717) is 29.3 Å². The van der Waals surface area contributed by atoms with E-state index in [2.05, 4.69) is 13.8 Å². The fourth-order valence-corrected chi connectivity index (χ4v) is 7.37. The van der Waals surface area contributed by atoms with Crippen molar-refractivity contribution in [3.05, 3.63) is 0 Å². The first-order valence-corrected chi connectivity index (χ1v) is 9.66. The van der Waals surface area contributed by atoms with Crippen molar-refractivity contribution in [2.45, 2.75) is 78.2 Å².